The Hall–Kier alpha value is -2.76. The fourth-order valence-corrected chi connectivity index (χ4v) is 2.31. The molecule has 6 heteroatoms. The fourth-order valence-electron chi connectivity index (χ4n) is 2.31. The van der Waals surface area contributed by atoms with Crippen molar-refractivity contribution in [2.24, 2.45) is 0 Å². The third kappa shape index (κ3) is 4.60. The number of carbonyl (C=O) groups excluding carboxylic acids is 1. The predicted molar refractivity (Wildman–Crippen MR) is 86.9 cm³/mol. The second-order valence-electron chi connectivity index (χ2n) is 5.37. The highest BCUT2D eigenvalue weighted by Crippen LogP contribution is 2.21. The van der Waals surface area contributed by atoms with Gasteiger partial charge in [0.05, 0.1) is 17.4 Å². The van der Waals surface area contributed by atoms with Crippen molar-refractivity contribution < 1.29 is 9.72 Å². The smallest absolute Gasteiger partial charge is 0.269 e. The molecule has 0 spiro atoms. The second-order valence-corrected chi connectivity index (χ2v) is 5.37. The maximum atomic E-state index is 12.2. The van der Waals surface area contributed by atoms with Crippen molar-refractivity contribution in [2.45, 2.75) is 32.7 Å². The van der Waals surface area contributed by atoms with E-state index in [9.17, 15) is 14.9 Å². The lowest BCUT2D eigenvalue weighted by molar-refractivity contribution is -0.384. The molecule has 0 fully saturated rings. The molecule has 1 heterocycles. The van der Waals surface area contributed by atoms with Crippen LogP contribution in [0.25, 0.3) is 0 Å². The Morgan fingerprint density at radius 3 is 2.74 bits per heavy atom. The Kier molecular flexibility index (Phi) is 5.41. The number of hydrogen-bond donors (Lipinski definition) is 1. The number of carbonyl (C=O) groups is 1. The molecule has 1 aromatic heterocycles. The summed E-state index contributed by atoms with van der Waals surface area (Å²) in [5.41, 5.74) is 2.49. The van der Waals surface area contributed by atoms with Gasteiger partial charge in [-0.25, -0.2) is 0 Å². The van der Waals surface area contributed by atoms with Gasteiger partial charge in [-0.15, -0.1) is 0 Å². The molecule has 1 aromatic carbocycles. The number of benzene rings is 1. The van der Waals surface area contributed by atoms with Crippen LogP contribution in [0.15, 0.2) is 42.6 Å². The topological polar surface area (TPSA) is 85.1 Å². The highest BCUT2D eigenvalue weighted by molar-refractivity contribution is 5.79. The van der Waals surface area contributed by atoms with E-state index in [1.807, 2.05) is 26.0 Å². The third-order valence-electron chi connectivity index (χ3n) is 3.56. The van der Waals surface area contributed by atoms with Gasteiger partial charge in [-0.2, -0.15) is 0 Å². The fraction of sp³-hybridized carbons (Fsp3) is 0.294. The first-order valence-corrected chi connectivity index (χ1v) is 7.45. The van der Waals surface area contributed by atoms with Gasteiger partial charge in [0.1, 0.15) is 0 Å². The number of nitrogens with one attached hydrogen (secondary N) is 1. The molecule has 23 heavy (non-hydrogen) atoms. The van der Waals surface area contributed by atoms with Crippen molar-refractivity contribution >= 4 is 11.6 Å². The van der Waals surface area contributed by atoms with E-state index in [2.05, 4.69) is 10.3 Å². The summed E-state index contributed by atoms with van der Waals surface area (Å²) in [6.45, 7) is 3.82. The van der Waals surface area contributed by atoms with Crippen LogP contribution >= 0.6 is 0 Å². The summed E-state index contributed by atoms with van der Waals surface area (Å²) < 4.78 is 0. The van der Waals surface area contributed by atoms with Crippen molar-refractivity contribution in [3.63, 3.8) is 0 Å². The first-order valence-electron chi connectivity index (χ1n) is 7.45. The van der Waals surface area contributed by atoms with Crippen LogP contribution in [0.5, 0.6) is 0 Å². The number of non-ortho nitro benzene ring substituents is 1. The number of aryl methyl sites for hydroxylation is 1. The molecule has 0 aliphatic rings. The quantitative estimate of drug-likeness (QED) is 0.656. The van der Waals surface area contributed by atoms with E-state index >= 15 is 0 Å². The number of hydrogen-bond acceptors (Lipinski definition) is 4. The lowest BCUT2D eigenvalue weighted by Gasteiger charge is -2.17. The molecule has 0 saturated heterocycles. The summed E-state index contributed by atoms with van der Waals surface area (Å²) in [5, 5.41) is 13.8. The third-order valence-corrected chi connectivity index (χ3v) is 3.56. The molecule has 6 nitrogen and oxygen atoms in total. The van der Waals surface area contributed by atoms with E-state index < -0.39 is 4.92 Å². The Bertz CT molecular complexity index is 698. The van der Waals surface area contributed by atoms with Crippen molar-refractivity contribution in [1.82, 2.24) is 10.3 Å². The molecular formula is C17H19N3O3. The number of nitrogens with zero attached hydrogens (tertiary/aromatic N) is 2. The average molecular weight is 313 g/mol. The number of rotatable bonds is 6. The first kappa shape index (κ1) is 16.6. The number of aromatic nitrogens is 1. The molecule has 0 unspecified atom stereocenters. The molecular weight excluding hydrogens is 294 g/mol. The lowest BCUT2D eigenvalue weighted by Crippen LogP contribution is -2.29. The Morgan fingerprint density at radius 2 is 2.13 bits per heavy atom. The maximum Gasteiger partial charge on any atom is 0.269 e. The van der Waals surface area contributed by atoms with Crippen LogP contribution in [0.4, 0.5) is 5.69 Å². The van der Waals surface area contributed by atoms with Crippen LogP contribution in [0.2, 0.25) is 0 Å². The van der Waals surface area contributed by atoms with Crippen molar-refractivity contribution in [3.8, 4) is 0 Å². The summed E-state index contributed by atoms with van der Waals surface area (Å²) in [7, 11) is 0. The van der Waals surface area contributed by atoms with Crippen LogP contribution in [-0.2, 0) is 11.2 Å². The minimum atomic E-state index is -0.435. The van der Waals surface area contributed by atoms with E-state index in [0.29, 0.717) is 6.42 Å². The normalized spacial score (nSPS) is 11.7. The summed E-state index contributed by atoms with van der Waals surface area (Å²) in [4.78, 5) is 26.8. The summed E-state index contributed by atoms with van der Waals surface area (Å²) >= 11 is 0. The average Bonchev–Trinajstić information content (AvgIpc) is 2.55. The van der Waals surface area contributed by atoms with Gasteiger partial charge in [-0.3, -0.25) is 19.9 Å². The van der Waals surface area contributed by atoms with E-state index in [-0.39, 0.29) is 24.1 Å². The SMILES string of the molecule is CC[C@@H](NC(=O)Cc1ccc(C)nc1)c1cccc([N+](=O)[O-])c1. The molecule has 1 atom stereocenters. The summed E-state index contributed by atoms with van der Waals surface area (Å²) in [6, 6.07) is 9.84. The lowest BCUT2D eigenvalue weighted by atomic mass is 10.0. The van der Waals surface area contributed by atoms with E-state index in [0.717, 1.165) is 16.8 Å². The van der Waals surface area contributed by atoms with Gasteiger partial charge >= 0.3 is 0 Å². The molecule has 120 valence electrons. The Balaban J connectivity index is 2.06. The summed E-state index contributed by atoms with van der Waals surface area (Å²) in [6.07, 6.45) is 2.57. The molecule has 0 saturated carbocycles. The maximum absolute atomic E-state index is 12.2. The van der Waals surface area contributed by atoms with Gasteiger partial charge < -0.3 is 5.32 Å². The van der Waals surface area contributed by atoms with Gasteiger partial charge in [-0.05, 0) is 30.5 Å². The number of pyridine rings is 1. The van der Waals surface area contributed by atoms with E-state index in [1.54, 1.807) is 18.3 Å². The van der Waals surface area contributed by atoms with E-state index in [4.69, 9.17) is 0 Å². The molecule has 2 aromatic rings. The Morgan fingerprint density at radius 1 is 1.35 bits per heavy atom. The monoisotopic (exact) mass is 313 g/mol. The highest BCUT2D eigenvalue weighted by Gasteiger charge is 2.16. The van der Waals surface area contributed by atoms with E-state index in [1.165, 1.54) is 12.1 Å². The first-order chi connectivity index (χ1) is 11.0. The zero-order valence-corrected chi connectivity index (χ0v) is 13.2. The number of amides is 1. The van der Waals surface area contributed by atoms with Gasteiger partial charge in [0.2, 0.25) is 5.91 Å². The van der Waals surface area contributed by atoms with Crippen molar-refractivity contribution in [3.05, 3.63) is 69.5 Å². The van der Waals surface area contributed by atoms with Crippen LogP contribution < -0.4 is 5.32 Å². The van der Waals surface area contributed by atoms with Crippen LogP contribution in [0.1, 0.15) is 36.2 Å². The zero-order chi connectivity index (χ0) is 16.8. The van der Waals surface area contributed by atoms with Gasteiger partial charge in [-0.1, -0.05) is 25.1 Å². The zero-order valence-electron chi connectivity index (χ0n) is 13.2. The Labute approximate surface area is 134 Å². The highest BCUT2D eigenvalue weighted by atomic mass is 16.6. The van der Waals surface area contributed by atoms with Crippen molar-refractivity contribution in [2.75, 3.05) is 0 Å². The second kappa shape index (κ2) is 7.49. The van der Waals surface area contributed by atoms with Crippen LogP contribution in [-0.4, -0.2) is 15.8 Å². The van der Waals surface area contributed by atoms with Gasteiger partial charge in [0, 0.05) is 24.0 Å². The number of nitro benzene ring substituents is 1. The molecule has 2 rings (SSSR count). The molecule has 0 aliphatic carbocycles. The van der Waals surface area contributed by atoms with Crippen LogP contribution in [0, 0.1) is 17.0 Å². The molecule has 0 aliphatic heterocycles. The van der Waals surface area contributed by atoms with Gasteiger partial charge in [0.15, 0.2) is 0 Å². The minimum Gasteiger partial charge on any atom is -0.349 e. The molecule has 0 bridgehead atoms. The minimum absolute atomic E-state index is 0.0259. The largest absolute Gasteiger partial charge is 0.349 e. The number of nitro groups is 1. The molecule has 1 N–H and O–H groups in total. The molecule has 1 amide bonds. The summed E-state index contributed by atoms with van der Waals surface area (Å²) in [5.74, 6) is -0.131. The van der Waals surface area contributed by atoms with Crippen LogP contribution in [0.3, 0.4) is 0 Å². The van der Waals surface area contributed by atoms with Crippen molar-refractivity contribution in [1.29, 1.82) is 0 Å². The standard InChI is InChI=1S/C17H19N3O3/c1-3-16(14-5-4-6-15(10-14)20(22)23)19-17(21)9-13-8-7-12(2)18-11-13/h4-8,10-11,16H,3,9H2,1-2H3,(H,19,21)/t16-/m1/s1. The molecule has 0 radical (unpaired) electrons. The predicted octanol–water partition coefficient (Wildman–Crippen LogP) is 3.11. The van der Waals surface area contributed by atoms with Gasteiger partial charge in [0.25, 0.3) is 5.69 Å².